The van der Waals surface area contributed by atoms with Crippen molar-refractivity contribution in [3.05, 3.63) is 60.2 Å². The minimum absolute atomic E-state index is 0.0101. The van der Waals surface area contributed by atoms with Gasteiger partial charge in [-0.1, -0.05) is 18.2 Å². The fraction of sp³-hybridized carbons (Fsp3) is 0.238. The topological polar surface area (TPSA) is 67.4 Å². The number of hydrogen-bond acceptors (Lipinski definition) is 3. The van der Waals surface area contributed by atoms with Crippen molar-refractivity contribution in [2.24, 2.45) is 0 Å². The van der Waals surface area contributed by atoms with Crippen molar-refractivity contribution in [2.75, 3.05) is 10.6 Å². The zero-order valence-electron chi connectivity index (χ0n) is 16.1. The largest absolute Gasteiger partial charge is 0.444 e. The Morgan fingerprint density at radius 2 is 1.56 bits per heavy atom. The highest BCUT2D eigenvalue weighted by molar-refractivity contribution is 6.60. The number of carbonyl (C=O) groups is 2. The lowest BCUT2D eigenvalue weighted by atomic mass is 9.96. The Labute approximate surface area is 160 Å². The molecule has 1 aliphatic rings. The Kier molecular flexibility index (Phi) is 4.83. The van der Waals surface area contributed by atoms with Crippen LogP contribution < -0.4 is 10.6 Å². The third kappa shape index (κ3) is 4.05. The lowest BCUT2D eigenvalue weighted by molar-refractivity contribution is 0.0636. The van der Waals surface area contributed by atoms with Crippen molar-refractivity contribution in [2.45, 2.75) is 32.3 Å². The van der Waals surface area contributed by atoms with Crippen LogP contribution in [0.5, 0.6) is 0 Å². The Hall–Kier alpha value is -3.02. The number of nitrogens with one attached hydrogen (secondary N) is 2. The van der Waals surface area contributed by atoms with Gasteiger partial charge < -0.3 is 10.1 Å². The molecule has 2 aromatic carbocycles. The zero-order valence-corrected chi connectivity index (χ0v) is 16.1. The van der Waals surface area contributed by atoms with Crippen molar-refractivity contribution in [1.82, 2.24) is 0 Å². The SMILES string of the molecule is BC(=O)Nc1ccc2c(c1)C(C=C)c1cc(NC(=O)OC(C)(C)C)ccc1-2. The third-order valence-electron chi connectivity index (χ3n) is 4.26. The highest BCUT2D eigenvalue weighted by atomic mass is 16.6. The van der Waals surface area contributed by atoms with Gasteiger partial charge in [0.25, 0.3) is 0 Å². The van der Waals surface area contributed by atoms with E-state index in [9.17, 15) is 9.59 Å². The molecule has 0 aromatic heterocycles. The van der Waals surface area contributed by atoms with Crippen molar-refractivity contribution in [1.29, 1.82) is 0 Å². The first kappa shape index (κ1) is 18.8. The van der Waals surface area contributed by atoms with Gasteiger partial charge >= 0.3 is 6.09 Å². The van der Waals surface area contributed by atoms with Crippen LogP contribution in [0.25, 0.3) is 11.1 Å². The molecule has 1 aliphatic carbocycles. The van der Waals surface area contributed by atoms with Gasteiger partial charge in [-0.25, -0.2) is 4.79 Å². The summed E-state index contributed by atoms with van der Waals surface area (Å²) in [6, 6.07) is 11.7. The number of hydrogen-bond donors (Lipinski definition) is 2. The maximum Gasteiger partial charge on any atom is 0.412 e. The van der Waals surface area contributed by atoms with Crippen LogP contribution in [0.3, 0.4) is 0 Å². The van der Waals surface area contributed by atoms with Gasteiger partial charge in [0.1, 0.15) is 5.60 Å². The molecule has 0 aliphatic heterocycles. The van der Waals surface area contributed by atoms with Gasteiger partial charge in [0, 0.05) is 17.3 Å². The second-order valence-electron chi connectivity index (χ2n) is 7.63. The number of allylic oxidation sites excluding steroid dienone is 1. The lowest BCUT2D eigenvalue weighted by Gasteiger charge is -2.20. The first-order valence-corrected chi connectivity index (χ1v) is 8.86. The van der Waals surface area contributed by atoms with Crippen LogP contribution >= 0.6 is 0 Å². The minimum Gasteiger partial charge on any atom is -0.444 e. The number of fused-ring (bicyclic) bond motifs is 3. The molecule has 0 saturated carbocycles. The molecule has 0 bridgehead atoms. The monoisotopic (exact) mass is 362 g/mol. The quantitative estimate of drug-likeness (QED) is 0.624. The predicted octanol–water partition coefficient (Wildman–Crippen LogP) is 4.50. The van der Waals surface area contributed by atoms with E-state index in [2.05, 4.69) is 17.2 Å². The molecule has 5 nitrogen and oxygen atoms in total. The molecule has 6 heteroatoms. The molecule has 138 valence electrons. The molecule has 2 N–H and O–H groups in total. The highest BCUT2D eigenvalue weighted by Gasteiger charge is 2.27. The van der Waals surface area contributed by atoms with Gasteiger partial charge in [-0.05, 0) is 67.3 Å². The summed E-state index contributed by atoms with van der Waals surface area (Å²) < 4.78 is 5.32. The summed E-state index contributed by atoms with van der Waals surface area (Å²) in [7, 11) is 1.49. The van der Waals surface area contributed by atoms with E-state index in [4.69, 9.17) is 4.74 Å². The van der Waals surface area contributed by atoms with Crippen molar-refractivity contribution in [3.63, 3.8) is 0 Å². The van der Waals surface area contributed by atoms with Crippen molar-refractivity contribution in [3.8, 4) is 11.1 Å². The summed E-state index contributed by atoms with van der Waals surface area (Å²) in [6.45, 7) is 9.45. The molecule has 1 atom stereocenters. The van der Waals surface area contributed by atoms with Gasteiger partial charge in [0.05, 0.1) is 0 Å². The van der Waals surface area contributed by atoms with Crippen LogP contribution in [0.2, 0.25) is 0 Å². The molecule has 2 aromatic rings. The fourth-order valence-corrected chi connectivity index (χ4v) is 3.33. The number of carbonyl (C=O) groups excluding carboxylic acids is 2. The van der Waals surface area contributed by atoms with E-state index in [-0.39, 0.29) is 11.7 Å². The van der Waals surface area contributed by atoms with Crippen LogP contribution in [0.4, 0.5) is 21.0 Å². The van der Waals surface area contributed by atoms with E-state index in [0.717, 1.165) is 27.9 Å². The molecule has 0 heterocycles. The van der Waals surface area contributed by atoms with E-state index in [1.165, 1.54) is 7.85 Å². The van der Waals surface area contributed by atoms with Gasteiger partial charge in [0.2, 0.25) is 7.85 Å². The van der Waals surface area contributed by atoms with Crippen LogP contribution in [-0.2, 0) is 4.74 Å². The Balaban J connectivity index is 1.91. The second kappa shape index (κ2) is 6.95. The molecular weight excluding hydrogens is 339 g/mol. The maximum absolute atomic E-state index is 12.1. The zero-order chi connectivity index (χ0) is 19.8. The molecule has 0 spiro atoms. The van der Waals surface area contributed by atoms with Crippen molar-refractivity contribution >= 4 is 31.1 Å². The standard InChI is InChI=1S/C21H23BN2O3/c1-5-14-17-10-12(23-19(22)25)6-8-15(17)16-9-7-13(11-18(14)16)24-20(26)27-21(2,3)4/h5-11,14H,1,22H2,2-4H3,(H,23,25)(H,24,26). The molecule has 1 unspecified atom stereocenters. The molecule has 0 saturated heterocycles. The Morgan fingerprint density at radius 3 is 2.00 bits per heavy atom. The van der Waals surface area contributed by atoms with E-state index in [0.29, 0.717) is 5.69 Å². The number of amides is 2. The predicted molar refractivity (Wildman–Crippen MR) is 111 cm³/mol. The average Bonchev–Trinajstić information content (AvgIpc) is 2.84. The van der Waals surface area contributed by atoms with E-state index in [1.54, 1.807) is 0 Å². The summed E-state index contributed by atoms with van der Waals surface area (Å²) in [5.74, 6) is -0.117. The Morgan fingerprint density at radius 1 is 1.04 bits per heavy atom. The lowest BCUT2D eigenvalue weighted by Crippen LogP contribution is -2.27. The van der Waals surface area contributed by atoms with Gasteiger partial charge in [-0.2, -0.15) is 0 Å². The van der Waals surface area contributed by atoms with Gasteiger partial charge in [0.15, 0.2) is 5.81 Å². The summed E-state index contributed by atoms with van der Waals surface area (Å²) in [5.41, 5.74) is 5.22. The molecule has 0 fully saturated rings. The Bertz CT molecular complexity index is 932. The molecule has 27 heavy (non-hydrogen) atoms. The van der Waals surface area contributed by atoms with E-state index in [1.807, 2.05) is 63.2 Å². The first-order valence-electron chi connectivity index (χ1n) is 8.86. The third-order valence-corrected chi connectivity index (χ3v) is 4.26. The van der Waals surface area contributed by atoms with Crippen molar-refractivity contribution < 1.29 is 14.3 Å². The normalized spacial score (nSPS) is 14.7. The molecular formula is C21H23BN2O3. The van der Waals surface area contributed by atoms with Crippen LogP contribution in [-0.4, -0.2) is 25.3 Å². The van der Waals surface area contributed by atoms with E-state index < -0.39 is 11.7 Å². The van der Waals surface area contributed by atoms with E-state index >= 15 is 0 Å². The first-order chi connectivity index (χ1) is 12.7. The number of benzene rings is 2. The number of ether oxygens (including phenoxy) is 1. The van der Waals surface area contributed by atoms with Crippen LogP contribution in [0, 0.1) is 0 Å². The molecule has 2 amide bonds. The smallest absolute Gasteiger partial charge is 0.412 e. The summed E-state index contributed by atoms with van der Waals surface area (Å²) in [5, 5.41) is 5.60. The second-order valence-corrected chi connectivity index (χ2v) is 7.63. The fourth-order valence-electron chi connectivity index (χ4n) is 3.33. The average molecular weight is 362 g/mol. The summed E-state index contributed by atoms with van der Waals surface area (Å²) >= 11 is 0. The number of anilines is 2. The summed E-state index contributed by atoms with van der Waals surface area (Å²) in [4.78, 5) is 23.4. The van der Waals surface area contributed by atoms with Crippen LogP contribution in [0.1, 0.15) is 37.8 Å². The van der Waals surface area contributed by atoms with Gasteiger partial charge in [-0.15, -0.1) is 6.58 Å². The minimum atomic E-state index is -0.555. The molecule has 0 radical (unpaired) electrons. The van der Waals surface area contributed by atoms with Gasteiger partial charge in [-0.3, -0.25) is 10.1 Å². The summed E-state index contributed by atoms with van der Waals surface area (Å²) in [6.07, 6.45) is 1.39. The maximum atomic E-state index is 12.1. The van der Waals surface area contributed by atoms with Crippen LogP contribution in [0.15, 0.2) is 49.1 Å². The highest BCUT2D eigenvalue weighted by Crippen LogP contribution is 2.47. The molecule has 3 rings (SSSR count). The number of rotatable bonds is 3.